The Morgan fingerprint density at radius 3 is 2.59 bits per heavy atom. The first-order valence-corrected chi connectivity index (χ1v) is 8.43. The zero-order valence-corrected chi connectivity index (χ0v) is 14.0. The molecule has 0 saturated heterocycles. The van der Waals surface area contributed by atoms with E-state index in [4.69, 9.17) is 4.42 Å². The van der Waals surface area contributed by atoms with Gasteiger partial charge in [-0.25, -0.2) is 0 Å². The van der Waals surface area contributed by atoms with Crippen molar-refractivity contribution in [3.8, 4) is 11.5 Å². The van der Waals surface area contributed by atoms with Crippen LogP contribution >= 0.6 is 23.1 Å². The normalized spacial score (nSPS) is 12.3. The smallest absolute Gasteiger partial charge is 0.247 e. The van der Waals surface area contributed by atoms with Crippen molar-refractivity contribution in [2.24, 2.45) is 0 Å². The van der Waals surface area contributed by atoms with Gasteiger partial charge in [-0.1, -0.05) is 40.8 Å². The Kier molecular flexibility index (Phi) is 4.39. The Bertz CT molecular complexity index is 753. The van der Waals surface area contributed by atoms with Crippen molar-refractivity contribution >= 4 is 28.2 Å². The van der Waals surface area contributed by atoms with E-state index in [9.17, 15) is 0 Å². The molecule has 114 valence electrons. The SMILES string of the molecule is CNc1nnc(S[C@@H](C)c2nnc(-c3ccc(C)cc3)o2)s1. The van der Waals surface area contributed by atoms with E-state index in [1.54, 1.807) is 11.8 Å². The van der Waals surface area contributed by atoms with Gasteiger partial charge in [-0.05, 0) is 26.0 Å². The molecule has 0 amide bonds. The number of nitrogens with one attached hydrogen (secondary N) is 1. The average Bonchev–Trinajstić information content (AvgIpc) is 3.17. The van der Waals surface area contributed by atoms with Crippen LogP contribution in [-0.4, -0.2) is 27.4 Å². The van der Waals surface area contributed by atoms with E-state index in [0.29, 0.717) is 11.8 Å². The molecule has 6 nitrogen and oxygen atoms in total. The molecule has 1 atom stereocenters. The minimum absolute atomic E-state index is 0.0179. The van der Waals surface area contributed by atoms with Gasteiger partial charge in [0.2, 0.25) is 16.9 Å². The average molecular weight is 333 g/mol. The van der Waals surface area contributed by atoms with Crippen molar-refractivity contribution in [3.05, 3.63) is 35.7 Å². The fraction of sp³-hybridized carbons (Fsp3) is 0.286. The molecule has 3 rings (SSSR count). The fourth-order valence-corrected chi connectivity index (χ4v) is 3.65. The van der Waals surface area contributed by atoms with Gasteiger partial charge >= 0.3 is 0 Å². The molecule has 0 aliphatic carbocycles. The van der Waals surface area contributed by atoms with Crippen LogP contribution in [0.5, 0.6) is 0 Å². The number of nitrogens with zero attached hydrogens (tertiary/aromatic N) is 4. The zero-order chi connectivity index (χ0) is 15.5. The van der Waals surface area contributed by atoms with Crippen LogP contribution in [0.2, 0.25) is 0 Å². The third-order valence-corrected chi connectivity index (χ3v) is 5.10. The van der Waals surface area contributed by atoms with E-state index in [2.05, 4.69) is 25.7 Å². The molecule has 0 saturated carbocycles. The van der Waals surface area contributed by atoms with Gasteiger partial charge in [0.25, 0.3) is 0 Å². The van der Waals surface area contributed by atoms with Gasteiger partial charge in [-0.2, -0.15) is 0 Å². The summed E-state index contributed by atoms with van der Waals surface area (Å²) in [6, 6.07) is 8.01. The van der Waals surface area contributed by atoms with Crippen molar-refractivity contribution < 1.29 is 4.42 Å². The maximum absolute atomic E-state index is 5.77. The molecule has 0 fully saturated rings. The van der Waals surface area contributed by atoms with Crippen LogP contribution in [0.4, 0.5) is 5.13 Å². The summed E-state index contributed by atoms with van der Waals surface area (Å²) in [4.78, 5) is 0. The van der Waals surface area contributed by atoms with Crippen molar-refractivity contribution in [2.75, 3.05) is 12.4 Å². The van der Waals surface area contributed by atoms with Crippen molar-refractivity contribution in [2.45, 2.75) is 23.4 Å². The maximum Gasteiger partial charge on any atom is 0.247 e. The summed E-state index contributed by atoms with van der Waals surface area (Å²) in [6.07, 6.45) is 0. The largest absolute Gasteiger partial charge is 0.419 e. The molecule has 1 N–H and O–H groups in total. The third-order valence-electron chi connectivity index (χ3n) is 2.98. The molecule has 0 aliphatic heterocycles. The predicted octanol–water partition coefficient (Wildman–Crippen LogP) is 3.79. The quantitative estimate of drug-likeness (QED) is 0.712. The number of benzene rings is 1. The molecular formula is C14H15N5OS2. The summed E-state index contributed by atoms with van der Waals surface area (Å²) in [6.45, 7) is 4.06. The van der Waals surface area contributed by atoms with Crippen LogP contribution in [0, 0.1) is 6.92 Å². The van der Waals surface area contributed by atoms with E-state index >= 15 is 0 Å². The summed E-state index contributed by atoms with van der Waals surface area (Å²) in [5.74, 6) is 1.12. The maximum atomic E-state index is 5.77. The lowest BCUT2D eigenvalue weighted by atomic mass is 10.1. The van der Waals surface area contributed by atoms with E-state index in [1.165, 1.54) is 16.9 Å². The first kappa shape index (κ1) is 15.0. The topological polar surface area (TPSA) is 76.7 Å². The van der Waals surface area contributed by atoms with Crippen molar-refractivity contribution in [1.29, 1.82) is 0 Å². The Balaban J connectivity index is 1.73. The van der Waals surface area contributed by atoms with Crippen LogP contribution in [0.3, 0.4) is 0 Å². The van der Waals surface area contributed by atoms with E-state index < -0.39 is 0 Å². The van der Waals surface area contributed by atoms with Crippen LogP contribution in [0.15, 0.2) is 33.0 Å². The lowest BCUT2D eigenvalue weighted by Gasteiger charge is -2.02. The Hall–Kier alpha value is -1.93. The third kappa shape index (κ3) is 3.28. The van der Waals surface area contributed by atoms with Gasteiger partial charge in [-0.15, -0.1) is 20.4 Å². The lowest BCUT2D eigenvalue weighted by molar-refractivity contribution is 0.509. The first-order chi connectivity index (χ1) is 10.7. The molecule has 1 aromatic carbocycles. The molecule has 0 unspecified atom stereocenters. The van der Waals surface area contributed by atoms with Crippen LogP contribution < -0.4 is 5.32 Å². The van der Waals surface area contributed by atoms with E-state index in [-0.39, 0.29) is 5.25 Å². The molecular weight excluding hydrogens is 318 g/mol. The summed E-state index contributed by atoms with van der Waals surface area (Å²) in [7, 11) is 1.82. The lowest BCUT2D eigenvalue weighted by Crippen LogP contribution is -1.88. The van der Waals surface area contributed by atoms with Gasteiger partial charge in [0, 0.05) is 12.6 Å². The number of rotatable bonds is 5. The fourth-order valence-electron chi connectivity index (χ4n) is 1.77. The monoisotopic (exact) mass is 333 g/mol. The number of thioether (sulfide) groups is 1. The molecule has 2 heterocycles. The molecule has 8 heteroatoms. The van der Waals surface area contributed by atoms with Crippen LogP contribution in [-0.2, 0) is 0 Å². The molecule has 0 spiro atoms. The van der Waals surface area contributed by atoms with Crippen LogP contribution in [0.25, 0.3) is 11.5 Å². The van der Waals surface area contributed by atoms with Crippen molar-refractivity contribution in [1.82, 2.24) is 20.4 Å². The highest BCUT2D eigenvalue weighted by atomic mass is 32.2. The van der Waals surface area contributed by atoms with E-state index in [1.807, 2.05) is 45.2 Å². The summed E-state index contributed by atoms with van der Waals surface area (Å²) in [5, 5.41) is 20.2. The van der Waals surface area contributed by atoms with Gasteiger partial charge in [0.05, 0.1) is 5.25 Å². The molecule has 0 radical (unpaired) electrons. The number of hydrogen-bond donors (Lipinski definition) is 1. The standard InChI is InChI=1S/C14H15N5OS2/c1-8-4-6-10(7-5-8)12-17-16-11(20-12)9(2)21-14-19-18-13(15-3)22-14/h4-7,9H,1-3H3,(H,15,18)/t9-/m0/s1. The highest BCUT2D eigenvalue weighted by Gasteiger charge is 2.18. The molecule has 0 bridgehead atoms. The number of hydrogen-bond acceptors (Lipinski definition) is 8. The second-order valence-corrected chi connectivity index (χ2v) is 7.26. The minimum Gasteiger partial charge on any atom is -0.419 e. The van der Waals surface area contributed by atoms with E-state index in [0.717, 1.165) is 15.0 Å². The summed E-state index contributed by atoms with van der Waals surface area (Å²) >= 11 is 3.05. The minimum atomic E-state index is 0.0179. The summed E-state index contributed by atoms with van der Waals surface area (Å²) in [5.41, 5.74) is 2.12. The molecule has 2 aromatic heterocycles. The first-order valence-electron chi connectivity index (χ1n) is 6.74. The van der Waals surface area contributed by atoms with Gasteiger partial charge in [0.15, 0.2) is 4.34 Å². The van der Waals surface area contributed by atoms with Crippen molar-refractivity contribution in [3.63, 3.8) is 0 Å². The molecule has 0 aliphatic rings. The van der Waals surface area contributed by atoms with Crippen LogP contribution in [0.1, 0.15) is 23.6 Å². The number of aryl methyl sites for hydroxylation is 1. The highest BCUT2D eigenvalue weighted by molar-refractivity contribution is 8.01. The molecule has 3 aromatic rings. The molecule has 22 heavy (non-hydrogen) atoms. The second-order valence-electron chi connectivity index (χ2n) is 4.69. The Labute approximate surface area is 136 Å². The number of aromatic nitrogens is 4. The predicted molar refractivity (Wildman–Crippen MR) is 88.2 cm³/mol. The second kappa shape index (κ2) is 6.45. The Morgan fingerprint density at radius 2 is 1.91 bits per heavy atom. The summed E-state index contributed by atoms with van der Waals surface area (Å²) < 4.78 is 6.64. The van der Waals surface area contributed by atoms with Gasteiger partial charge in [-0.3, -0.25) is 0 Å². The highest BCUT2D eigenvalue weighted by Crippen LogP contribution is 2.37. The van der Waals surface area contributed by atoms with Gasteiger partial charge < -0.3 is 9.73 Å². The number of anilines is 1. The van der Waals surface area contributed by atoms with Gasteiger partial charge in [0.1, 0.15) is 0 Å². The Morgan fingerprint density at radius 1 is 1.14 bits per heavy atom. The zero-order valence-electron chi connectivity index (χ0n) is 12.4.